The van der Waals surface area contributed by atoms with Gasteiger partial charge in [0.25, 0.3) is 5.56 Å². The topological polar surface area (TPSA) is 92.9 Å². The number of anilines is 1. The molecular formula is C28H30N6O. The van der Waals surface area contributed by atoms with Crippen LogP contribution in [0.5, 0.6) is 0 Å². The second kappa shape index (κ2) is 10.2. The van der Waals surface area contributed by atoms with Crippen molar-refractivity contribution in [2.45, 2.75) is 44.8 Å². The Labute approximate surface area is 205 Å². The standard InChI is InChI=1S/C28H30N6O/c29-17-24-25-26(28(35)33(20-31-25)16-7-13-21-9-3-1-4-10-21)34(18-22-11-5-2-6-12-22)27(24)32-15-8-14-23(30)19-32/h1-6,9-12,20,23H,7-8,13-16,18-19,30H2/t23-/m0/s1. The van der Waals surface area contributed by atoms with Gasteiger partial charge < -0.3 is 15.2 Å². The van der Waals surface area contributed by atoms with Crippen LogP contribution in [0.2, 0.25) is 0 Å². The van der Waals surface area contributed by atoms with Crippen LogP contribution in [0.4, 0.5) is 5.82 Å². The van der Waals surface area contributed by atoms with Crippen LogP contribution in [0.15, 0.2) is 71.8 Å². The van der Waals surface area contributed by atoms with Crippen molar-refractivity contribution in [3.05, 3.63) is 94.0 Å². The average molecular weight is 467 g/mol. The highest BCUT2D eigenvalue weighted by atomic mass is 16.1. The van der Waals surface area contributed by atoms with Crippen molar-refractivity contribution in [2.75, 3.05) is 18.0 Å². The molecule has 1 saturated heterocycles. The zero-order valence-electron chi connectivity index (χ0n) is 19.8. The zero-order chi connectivity index (χ0) is 24.2. The Morgan fingerprint density at radius 3 is 2.46 bits per heavy atom. The molecule has 0 unspecified atom stereocenters. The summed E-state index contributed by atoms with van der Waals surface area (Å²) in [7, 11) is 0. The smallest absolute Gasteiger partial charge is 0.277 e. The van der Waals surface area contributed by atoms with Crippen LogP contribution in [0.25, 0.3) is 11.0 Å². The molecule has 0 saturated carbocycles. The molecule has 1 aliphatic rings. The minimum Gasteiger partial charge on any atom is -0.355 e. The van der Waals surface area contributed by atoms with Gasteiger partial charge in [-0.2, -0.15) is 5.26 Å². The first-order valence-corrected chi connectivity index (χ1v) is 12.3. The van der Waals surface area contributed by atoms with Gasteiger partial charge in [-0.3, -0.25) is 9.36 Å². The summed E-state index contributed by atoms with van der Waals surface area (Å²) in [5.74, 6) is 0.758. The van der Waals surface area contributed by atoms with Crippen LogP contribution in [-0.2, 0) is 19.5 Å². The number of aryl methyl sites for hydroxylation is 2. The summed E-state index contributed by atoms with van der Waals surface area (Å²) in [6.45, 7) is 2.52. The summed E-state index contributed by atoms with van der Waals surface area (Å²) >= 11 is 0. The molecule has 5 rings (SSSR count). The maximum absolute atomic E-state index is 13.8. The highest BCUT2D eigenvalue weighted by molar-refractivity contribution is 5.89. The number of rotatable bonds is 7. The van der Waals surface area contributed by atoms with E-state index in [1.54, 1.807) is 10.9 Å². The van der Waals surface area contributed by atoms with E-state index >= 15 is 0 Å². The van der Waals surface area contributed by atoms with E-state index in [0.29, 0.717) is 36.2 Å². The molecule has 0 amide bonds. The first kappa shape index (κ1) is 22.9. The van der Waals surface area contributed by atoms with Gasteiger partial charge in [-0.25, -0.2) is 4.98 Å². The first-order valence-electron chi connectivity index (χ1n) is 12.3. The normalized spacial score (nSPS) is 15.9. The van der Waals surface area contributed by atoms with Crippen molar-refractivity contribution in [3.63, 3.8) is 0 Å². The maximum atomic E-state index is 13.8. The van der Waals surface area contributed by atoms with Crippen LogP contribution >= 0.6 is 0 Å². The third-order valence-electron chi connectivity index (χ3n) is 6.76. The van der Waals surface area contributed by atoms with Crippen LogP contribution in [0, 0.1) is 11.3 Å². The fourth-order valence-electron chi connectivity index (χ4n) is 5.06. The highest BCUT2D eigenvalue weighted by Crippen LogP contribution is 2.32. The molecule has 178 valence electrons. The first-order chi connectivity index (χ1) is 17.2. The SMILES string of the molecule is N#Cc1c(N2CCC[C@H](N)C2)n(Cc2ccccc2)c2c(=O)n(CCCc3ccccc3)cnc12. The summed E-state index contributed by atoms with van der Waals surface area (Å²) in [6.07, 6.45) is 5.22. The lowest BCUT2D eigenvalue weighted by molar-refractivity contribution is 0.498. The summed E-state index contributed by atoms with van der Waals surface area (Å²) in [5.41, 5.74) is 9.92. The molecular weight excluding hydrogens is 436 g/mol. The van der Waals surface area contributed by atoms with Gasteiger partial charge in [0.05, 0.1) is 6.33 Å². The number of hydrogen-bond donors (Lipinski definition) is 1. The van der Waals surface area contributed by atoms with Gasteiger partial charge in [0.2, 0.25) is 0 Å². The zero-order valence-corrected chi connectivity index (χ0v) is 19.8. The number of piperidine rings is 1. The number of nitrogens with two attached hydrogens (primary N) is 1. The van der Waals surface area contributed by atoms with Crippen molar-refractivity contribution >= 4 is 16.9 Å². The summed E-state index contributed by atoms with van der Waals surface area (Å²) in [6, 6.07) is 22.7. The molecule has 0 radical (unpaired) electrons. The largest absolute Gasteiger partial charge is 0.355 e. The molecule has 2 aromatic carbocycles. The third-order valence-corrected chi connectivity index (χ3v) is 6.76. The monoisotopic (exact) mass is 466 g/mol. The van der Waals surface area contributed by atoms with Gasteiger partial charge in [-0.1, -0.05) is 60.7 Å². The van der Waals surface area contributed by atoms with Gasteiger partial charge in [0.15, 0.2) is 0 Å². The fourth-order valence-corrected chi connectivity index (χ4v) is 5.06. The van der Waals surface area contributed by atoms with Crippen molar-refractivity contribution in [2.24, 2.45) is 5.73 Å². The van der Waals surface area contributed by atoms with Crippen LogP contribution in [-0.4, -0.2) is 33.2 Å². The number of benzene rings is 2. The molecule has 7 heteroatoms. The second-order valence-electron chi connectivity index (χ2n) is 9.26. The van der Waals surface area contributed by atoms with Gasteiger partial charge in [0.1, 0.15) is 28.5 Å². The maximum Gasteiger partial charge on any atom is 0.277 e. The molecule has 4 aromatic rings. The molecule has 2 N–H and O–H groups in total. The predicted molar refractivity (Wildman–Crippen MR) is 138 cm³/mol. The third kappa shape index (κ3) is 4.71. The Morgan fingerprint density at radius 2 is 1.77 bits per heavy atom. The molecule has 0 spiro atoms. The summed E-state index contributed by atoms with van der Waals surface area (Å²) < 4.78 is 3.67. The molecule has 3 heterocycles. The quantitative estimate of drug-likeness (QED) is 0.449. The van der Waals surface area contributed by atoms with Crippen molar-refractivity contribution < 1.29 is 0 Å². The number of nitriles is 1. The molecule has 1 fully saturated rings. The Kier molecular flexibility index (Phi) is 6.64. The highest BCUT2D eigenvalue weighted by Gasteiger charge is 2.28. The van der Waals surface area contributed by atoms with Gasteiger partial charge in [0, 0.05) is 32.2 Å². The number of aromatic nitrogens is 3. The van der Waals surface area contributed by atoms with E-state index in [1.807, 2.05) is 53.1 Å². The minimum atomic E-state index is -0.108. The van der Waals surface area contributed by atoms with E-state index in [2.05, 4.69) is 28.1 Å². The molecule has 0 aliphatic carbocycles. The predicted octanol–water partition coefficient (Wildman–Crippen LogP) is 3.68. The number of nitrogens with zero attached hydrogens (tertiary/aromatic N) is 5. The van der Waals surface area contributed by atoms with E-state index in [-0.39, 0.29) is 11.6 Å². The van der Waals surface area contributed by atoms with Crippen molar-refractivity contribution in [1.29, 1.82) is 5.26 Å². The Balaban J connectivity index is 1.58. The fraction of sp³-hybridized carbons (Fsp3) is 0.321. The van der Waals surface area contributed by atoms with Crippen molar-refractivity contribution in [3.8, 4) is 6.07 Å². The summed E-state index contributed by atoms with van der Waals surface area (Å²) in [4.78, 5) is 20.6. The summed E-state index contributed by atoms with van der Waals surface area (Å²) in [5, 5.41) is 10.2. The number of hydrogen-bond acceptors (Lipinski definition) is 5. The van der Waals surface area contributed by atoms with Crippen LogP contribution in [0.1, 0.15) is 36.0 Å². The van der Waals surface area contributed by atoms with Gasteiger partial charge in [-0.05, 0) is 36.8 Å². The molecule has 2 aromatic heterocycles. The van der Waals surface area contributed by atoms with Crippen LogP contribution < -0.4 is 16.2 Å². The van der Waals surface area contributed by atoms with Gasteiger partial charge >= 0.3 is 0 Å². The van der Waals surface area contributed by atoms with E-state index in [1.165, 1.54) is 5.56 Å². The lowest BCUT2D eigenvalue weighted by Crippen LogP contribution is -2.44. The number of fused-ring (bicyclic) bond motifs is 1. The Bertz CT molecular complexity index is 1400. The van der Waals surface area contributed by atoms with Gasteiger partial charge in [-0.15, -0.1) is 0 Å². The lowest BCUT2D eigenvalue weighted by Gasteiger charge is -2.33. The van der Waals surface area contributed by atoms with Crippen molar-refractivity contribution in [1.82, 2.24) is 14.1 Å². The van der Waals surface area contributed by atoms with E-state index < -0.39 is 0 Å². The lowest BCUT2D eigenvalue weighted by atomic mass is 10.1. The second-order valence-corrected chi connectivity index (χ2v) is 9.26. The van der Waals surface area contributed by atoms with E-state index in [9.17, 15) is 10.1 Å². The minimum absolute atomic E-state index is 0.0427. The van der Waals surface area contributed by atoms with E-state index in [4.69, 9.17) is 5.73 Å². The molecule has 1 atom stereocenters. The Hall–Kier alpha value is -3.89. The molecule has 35 heavy (non-hydrogen) atoms. The Morgan fingerprint density at radius 1 is 1.06 bits per heavy atom. The molecule has 7 nitrogen and oxygen atoms in total. The van der Waals surface area contributed by atoms with E-state index in [0.717, 1.165) is 43.6 Å². The average Bonchev–Trinajstić information content (AvgIpc) is 3.20. The van der Waals surface area contributed by atoms with Crippen LogP contribution in [0.3, 0.4) is 0 Å². The molecule has 1 aliphatic heterocycles. The molecule has 0 bridgehead atoms.